The summed E-state index contributed by atoms with van der Waals surface area (Å²) >= 11 is 0. The normalized spacial score (nSPS) is 12.2. The molecule has 0 atom stereocenters. The zero-order chi connectivity index (χ0) is 12.5. The Balaban J connectivity index is 2.58. The van der Waals surface area contributed by atoms with E-state index in [-0.39, 0.29) is 5.97 Å². The summed E-state index contributed by atoms with van der Waals surface area (Å²) in [7, 11) is 0. The Hall–Kier alpha value is -2.09. The average Bonchev–Trinajstić information content (AvgIpc) is 2.35. The third-order valence-electron chi connectivity index (χ3n) is 2.07. The first-order chi connectivity index (χ1) is 8.26. The van der Waals surface area contributed by atoms with Crippen LogP contribution in [-0.2, 0) is 4.79 Å². The molecule has 0 bridgehead atoms. The SMILES string of the molecule is C\C=C/C(/C=C/C(=O)Oc1ccccc1)=C\C. The molecule has 0 aromatic heterocycles. The van der Waals surface area contributed by atoms with Gasteiger partial charge in [0, 0.05) is 6.08 Å². The topological polar surface area (TPSA) is 26.3 Å². The summed E-state index contributed by atoms with van der Waals surface area (Å²) in [5, 5.41) is 0. The summed E-state index contributed by atoms with van der Waals surface area (Å²) < 4.78 is 5.11. The summed E-state index contributed by atoms with van der Waals surface area (Å²) in [6.45, 7) is 3.85. The third kappa shape index (κ3) is 4.98. The first-order valence-corrected chi connectivity index (χ1v) is 5.50. The molecule has 2 heteroatoms. The second kappa shape index (κ2) is 7.23. The molecule has 0 amide bonds. The number of allylic oxidation sites excluding steroid dienone is 5. The van der Waals surface area contributed by atoms with Crippen LogP contribution in [0.5, 0.6) is 5.75 Å². The van der Waals surface area contributed by atoms with Crippen LogP contribution < -0.4 is 4.74 Å². The molecule has 1 aromatic rings. The van der Waals surface area contributed by atoms with Gasteiger partial charge in [0.25, 0.3) is 0 Å². The molecule has 0 heterocycles. The van der Waals surface area contributed by atoms with Gasteiger partial charge in [-0.1, -0.05) is 36.4 Å². The third-order valence-corrected chi connectivity index (χ3v) is 2.07. The molecule has 2 nitrogen and oxygen atoms in total. The van der Waals surface area contributed by atoms with Gasteiger partial charge in [-0.25, -0.2) is 4.79 Å². The summed E-state index contributed by atoms with van der Waals surface area (Å²) in [4.78, 5) is 11.5. The van der Waals surface area contributed by atoms with Crippen molar-refractivity contribution >= 4 is 5.97 Å². The summed E-state index contributed by atoms with van der Waals surface area (Å²) in [5.74, 6) is 0.176. The Morgan fingerprint density at radius 2 is 1.76 bits per heavy atom. The molecule has 1 rings (SSSR count). The molecule has 0 fully saturated rings. The summed E-state index contributed by atoms with van der Waals surface area (Å²) in [5.41, 5.74) is 0.970. The summed E-state index contributed by atoms with van der Waals surface area (Å²) in [6.07, 6.45) is 8.91. The van der Waals surface area contributed by atoms with Crippen molar-refractivity contribution in [3.8, 4) is 5.75 Å². The molecule has 0 radical (unpaired) electrons. The van der Waals surface area contributed by atoms with Crippen LogP contribution in [-0.4, -0.2) is 5.97 Å². The van der Waals surface area contributed by atoms with E-state index in [2.05, 4.69) is 0 Å². The molecule has 0 N–H and O–H groups in total. The zero-order valence-corrected chi connectivity index (χ0v) is 10.1. The Morgan fingerprint density at radius 1 is 1.06 bits per heavy atom. The highest BCUT2D eigenvalue weighted by atomic mass is 16.5. The lowest BCUT2D eigenvalue weighted by Gasteiger charge is -1.99. The zero-order valence-electron chi connectivity index (χ0n) is 10.1. The van der Waals surface area contributed by atoms with Gasteiger partial charge in [-0.05, 0) is 37.6 Å². The molecular formula is C15H16O2. The molecule has 0 aliphatic heterocycles. The first kappa shape index (κ1) is 13.0. The van der Waals surface area contributed by atoms with Gasteiger partial charge in [0.2, 0.25) is 0 Å². The van der Waals surface area contributed by atoms with E-state index in [0.717, 1.165) is 5.57 Å². The van der Waals surface area contributed by atoms with Gasteiger partial charge >= 0.3 is 5.97 Å². The molecule has 0 aliphatic carbocycles. The van der Waals surface area contributed by atoms with Crippen molar-refractivity contribution in [1.82, 2.24) is 0 Å². The number of para-hydroxylation sites is 1. The molecule has 0 aliphatic rings. The summed E-state index contributed by atoms with van der Waals surface area (Å²) in [6, 6.07) is 9.01. The van der Waals surface area contributed by atoms with Gasteiger partial charge in [-0.2, -0.15) is 0 Å². The number of ether oxygens (including phenoxy) is 1. The van der Waals surface area contributed by atoms with E-state index >= 15 is 0 Å². The van der Waals surface area contributed by atoms with E-state index in [9.17, 15) is 4.79 Å². The van der Waals surface area contributed by atoms with Gasteiger partial charge < -0.3 is 4.74 Å². The van der Waals surface area contributed by atoms with E-state index in [1.54, 1.807) is 18.2 Å². The van der Waals surface area contributed by atoms with E-state index in [0.29, 0.717) is 5.75 Å². The van der Waals surface area contributed by atoms with Crippen molar-refractivity contribution in [3.63, 3.8) is 0 Å². The second-order valence-electron chi connectivity index (χ2n) is 3.36. The predicted molar refractivity (Wildman–Crippen MR) is 69.8 cm³/mol. The van der Waals surface area contributed by atoms with Crippen molar-refractivity contribution in [2.24, 2.45) is 0 Å². The van der Waals surface area contributed by atoms with E-state index < -0.39 is 0 Å². The minimum absolute atomic E-state index is 0.375. The lowest BCUT2D eigenvalue weighted by Crippen LogP contribution is -2.03. The van der Waals surface area contributed by atoms with Gasteiger partial charge in [0.1, 0.15) is 5.75 Å². The maximum atomic E-state index is 11.5. The van der Waals surface area contributed by atoms with E-state index in [4.69, 9.17) is 4.74 Å². The van der Waals surface area contributed by atoms with E-state index in [1.165, 1.54) is 6.08 Å². The van der Waals surface area contributed by atoms with Gasteiger partial charge in [-0.3, -0.25) is 0 Å². The fraction of sp³-hybridized carbons (Fsp3) is 0.133. The molecule has 0 saturated carbocycles. The maximum absolute atomic E-state index is 11.5. The van der Waals surface area contributed by atoms with Gasteiger partial charge in [0.15, 0.2) is 0 Å². The van der Waals surface area contributed by atoms with Gasteiger partial charge in [0.05, 0.1) is 0 Å². The maximum Gasteiger partial charge on any atom is 0.336 e. The average molecular weight is 228 g/mol. The predicted octanol–water partition coefficient (Wildman–Crippen LogP) is 3.67. The number of hydrogen-bond acceptors (Lipinski definition) is 2. The van der Waals surface area contributed by atoms with Crippen molar-refractivity contribution in [2.75, 3.05) is 0 Å². The monoisotopic (exact) mass is 228 g/mol. The quantitative estimate of drug-likeness (QED) is 0.340. The van der Waals surface area contributed by atoms with Crippen LogP contribution in [0.3, 0.4) is 0 Å². The minimum Gasteiger partial charge on any atom is -0.423 e. The van der Waals surface area contributed by atoms with Crippen LogP contribution >= 0.6 is 0 Å². The highest BCUT2D eigenvalue weighted by Crippen LogP contribution is 2.09. The highest BCUT2D eigenvalue weighted by Gasteiger charge is 1.98. The van der Waals surface area contributed by atoms with Crippen LogP contribution in [0, 0.1) is 0 Å². The Bertz CT molecular complexity index is 439. The van der Waals surface area contributed by atoms with Crippen molar-refractivity contribution in [1.29, 1.82) is 0 Å². The largest absolute Gasteiger partial charge is 0.423 e. The van der Waals surface area contributed by atoms with Crippen molar-refractivity contribution < 1.29 is 9.53 Å². The highest BCUT2D eigenvalue weighted by molar-refractivity contribution is 5.84. The number of carbonyl (C=O) groups is 1. The Morgan fingerprint density at radius 3 is 2.35 bits per heavy atom. The van der Waals surface area contributed by atoms with Crippen LogP contribution in [0.2, 0.25) is 0 Å². The smallest absolute Gasteiger partial charge is 0.336 e. The molecular weight excluding hydrogens is 212 g/mol. The number of benzene rings is 1. The molecule has 1 aromatic carbocycles. The molecule has 88 valence electrons. The van der Waals surface area contributed by atoms with Crippen molar-refractivity contribution in [3.05, 3.63) is 66.3 Å². The van der Waals surface area contributed by atoms with E-state index in [1.807, 2.05) is 50.3 Å². The van der Waals surface area contributed by atoms with Crippen LogP contribution in [0.1, 0.15) is 13.8 Å². The Kier molecular flexibility index (Phi) is 5.52. The number of hydrogen-bond donors (Lipinski definition) is 0. The lowest BCUT2D eigenvalue weighted by molar-refractivity contribution is -0.128. The van der Waals surface area contributed by atoms with Crippen LogP contribution in [0.25, 0.3) is 0 Å². The Labute approximate surface area is 102 Å². The first-order valence-electron chi connectivity index (χ1n) is 5.50. The molecule has 0 unspecified atom stereocenters. The minimum atomic E-state index is -0.375. The fourth-order valence-electron chi connectivity index (χ4n) is 1.24. The number of esters is 1. The number of rotatable bonds is 4. The van der Waals surface area contributed by atoms with Crippen molar-refractivity contribution in [2.45, 2.75) is 13.8 Å². The van der Waals surface area contributed by atoms with Crippen LogP contribution in [0.15, 0.2) is 66.3 Å². The molecule has 0 spiro atoms. The standard InChI is InChI=1S/C15H16O2/c1-3-8-13(4-2)11-12-15(16)17-14-9-6-5-7-10-14/h3-12H,1-2H3/b8-3-,12-11+,13-4+. The van der Waals surface area contributed by atoms with Gasteiger partial charge in [-0.15, -0.1) is 0 Å². The molecule has 0 saturated heterocycles. The number of carbonyl (C=O) groups excluding carboxylic acids is 1. The lowest BCUT2D eigenvalue weighted by atomic mass is 10.2. The van der Waals surface area contributed by atoms with Crippen LogP contribution in [0.4, 0.5) is 0 Å². The second-order valence-corrected chi connectivity index (χ2v) is 3.36. The fourth-order valence-corrected chi connectivity index (χ4v) is 1.24. The molecule has 17 heavy (non-hydrogen) atoms.